The van der Waals surface area contributed by atoms with Gasteiger partial charge in [-0.2, -0.15) is 0 Å². The lowest BCUT2D eigenvalue weighted by Gasteiger charge is -2.20. The van der Waals surface area contributed by atoms with Crippen molar-refractivity contribution >= 4 is 5.91 Å². The number of unbranched alkanes of at least 4 members (excludes halogenated alkanes) is 2. The highest BCUT2D eigenvalue weighted by Gasteiger charge is 2.14. The van der Waals surface area contributed by atoms with Gasteiger partial charge in [0, 0.05) is 17.6 Å². The molecule has 1 aromatic carbocycles. The summed E-state index contributed by atoms with van der Waals surface area (Å²) in [6.45, 7) is 9.89. The van der Waals surface area contributed by atoms with Crippen molar-refractivity contribution in [2.24, 2.45) is 0 Å². The monoisotopic (exact) mass is 306 g/mol. The van der Waals surface area contributed by atoms with Crippen molar-refractivity contribution in [3.8, 4) is 5.75 Å². The number of benzene rings is 1. The van der Waals surface area contributed by atoms with Gasteiger partial charge in [-0.1, -0.05) is 38.0 Å². The number of hydrogen-bond acceptors (Lipinski definition) is 3. The Kier molecular flexibility index (Phi) is 7.96. The summed E-state index contributed by atoms with van der Waals surface area (Å²) in [5.41, 5.74) is 0.850. The van der Waals surface area contributed by atoms with E-state index in [2.05, 4.69) is 17.6 Å². The molecular formula is C18H30N2O2. The fraction of sp³-hybridized carbons (Fsp3) is 0.611. The van der Waals surface area contributed by atoms with Crippen molar-refractivity contribution in [2.45, 2.75) is 59.0 Å². The number of nitrogens with one attached hydrogen (secondary N) is 2. The molecule has 0 atom stereocenters. The first-order chi connectivity index (χ1) is 10.4. The average molecular weight is 306 g/mol. The van der Waals surface area contributed by atoms with Crippen LogP contribution in [0.3, 0.4) is 0 Å². The van der Waals surface area contributed by atoms with Crippen LogP contribution < -0.4 is 15.4 Å². The molecule has 4 nitrogen and oxygen atoms in total. The predicted molar refractivity (Wildman–Crippen MR) is 91.1 cm³/mol. The molecule has 1 amide bonds. The van der Waals surface area contributed by atoms with Gasteiger partial charge in [-0.25, -0.2) is 0 Å². The summed E-state index contributed by atoms with van der Waals surface area (Å²) in [5.74, 6) is 0.674. The largest absolute Gasteiger partial charge is 0.483 e. The molecular weight excluding hydrogens is 276 g/mol. The summed E-state index contributed by atoms with van der Waals surface area (Å²) in [7, 11) is 0. The molecule has 0 saturated heterocycles. The Hall–Kier alpha value is -1.55. The molecule has 22 heavy (non-hydrogen) atoms. The fourth-order valence-electron chi connectivity index (χ4n) is 2.11. The van der Waals surface area contributed by atoms with Gasteiger partial charge in [-0.3, -0.25) is 4.79 Å². The van der Waals surface area contributed by atoms with E-state index in [-0.39, 0.29) is 18.1 Å². The maximum Gasteiger partial charge on any atom is 0.258 e. The minimum atomic E-state index is -0.235. The van der Waals surface area contributed by atoms with Gasteiger partial charge in [0.15, 0.2) is 6.61 Å². The Balaban J connectivity index is 2.44. The van der Waals surface area contributed by atoms with Gasteiger partial charge in [0.2, 0.25) is 0 Å². The van der Waals surface area contributed by atoms with E-state index in [9.17, 15) is 4.79 Å². The number of carbonyl (C=O) groups is 1. The second-order valence-corrected chi connectivity index (χ2v) is 6.58. The van der Waals surface area contributed by atoms with Crippen LogP contribution in [0.2, 0.25) is 0 Å². The van der Waals surface area contributed by atoms with E-state index in [1.54, 1.807) is 0 Å². The third kappa shape index (κ3) is 8.03. The predicted octanol–water partition coefficient (Wildman–Crippen LogP) is 3.26. The zero-order valence-corrected chi connectivity index (χ0v) is 14.4. The van der Waals surface area contributed by atoms with E-state index < -0.39 is 0 Å². The zero-order chi connectivity index (χ0) is 16.4. The maximum absolute atomic E-state index is 11.8. The lowest BCUT2D eigenvalue weighted by atomic mass is 10.1. The minimum Gasteiger partial charge on any atom is -0.483 e. The van der Waals surface area contributed by atoms with Crippen LogP contribution in [0.15, 0.2) is 24.3 Å². The van der Waals surface area contributed by atoms with Crippen LogP contribution >= 0.6 is 0 Å². The molecule has 1 aromatic rings. The molecule has 0 unspecified atom stereocenters. The van der Waals surface area contributed by atoms with E-state index in [4.69, 9.17) is 4.74 Å². The molecule has 0 aliphatic heterocycles. The first kappa shape index (κ1) is 18.5. The summed E-state index contributed by atoms with van der Waals surface area (Å²) < 4.78 is 5.67. The molecule has 0 aromatic heterocycles. The highest BCUT2D eigenvalue weighted by Crippen LogP contribution is 2.17. The number of rotatable bonds is 9. The van der Waals surface area contributed by atoms with Gasteiger partial charge in [0.1, 0.15) is 5.75 Å². The number of amides is 1. The van der Waals surface area contributed by atoms with E-state index in [1.807, 2.05) is 45.0 Å². The number of ether oxygens (including phenoxy) is 1. The second kappa shape index (κ2) is 9.46. The standard InChI is InChI=1S/C18H30N2O2/c1-5-6-9-12-19-13-15-10-7-8-11-16(15)22-14-17(21)20-18(2,3)4/h7-8,10-11,19H,5-6,9,12-14H2,1-4H3,(H,20,21). The molecule has 0 aliphatic rings. The summed E-state index contributed by atoms with van der Waals surface area (Å²) >= 11 is 0. The average Bonchev–Trinajstić information content (AvgIpc) is 2.44. The van der Waals surface area contributed by atoms with E-state index >= 15 is 0 Å². The number of para-hydroxylation sites is 1. The van der Waals surface area contributed by atoms with Crippen LogP contribution in [0.4, 0.5) is 0 Å². The van der Waals surface area contributed by atoms with E-state index in [0.717, 1.165) is 24.4 Å². The smallest absolute Gasteiger partial charge is 0.258 e. The van der Waals surface area contributed by atoms with Gasteiger partial charge in [0.05, 0.1) is 0 Å². The Morgan fingerprint density at radius 3 is 2.59 bits per heavy atom. The van der Waals surface area contributed by atoms with Gasteiger partial charge in [-0.05, 0) is 39.8 Å². The molecule has 0 fully saturated rings. The van der Waals surface area contributed by atoms with Gasteiger partial charge >= 0.3 is 0 Å². The van der Waals surface area contributed by atoms with E-state index in [1.165, 1.54) is 19.3 Å². The topological polar surface area (TPSA) is 50.4 Å². The summed E-state index contributed by atoms with van der Waals surface area (Å²) in [5, 5.41) is 6.32. The van der Waals surface area contributed by atoms with Crippen molar-refractivity contribution in [3.05, 3.63) is 29.8 Å². The van der Waals surface area contributed by atoms with Crippen molar-refractivity contribution in [3.63, 3.8) is 0 Å². The molecule has 0 aliphatic carbocycles. The van der Waals surface area contributed by atoms with E-state index in [0.29, 0.717) is 0 Å². The number of hydrogen-bond donors (Lipinski definition) is 2. The normalized spacial score (nSPS) is 11.3. The fourth-order valence-corrected chi connectivity index (χ4v) is 2.11. The summed E-state index contributed by atoms with van der Waals surface area (Å²) in [6, 6.07) is 7.86. The first-order valence-corrected chi connectivity index (χ1v) is 8.15. The quantitative estimate of drug-likeness (QED) is 0.689. The molecule has 1 rings (SSSR count). The molecule has 0 saturated carbocycles. The molecule has 0 bridgehead atoms. The highest BCUT2D eigenvalue weighted by atomic mass is 16.5. The summed E-state index contributed by atoms with van der Waals surface area (Å²) in [4.78, 5) is 11.8. The molecule has 0 radical (unpaired) electrons. The summed E-state index contributed by atoms with van der Waals surface area (Å²) in [6.07, 6.45) is 3.66. The number of carbonyl (C=O) groups excluding carboxylic acids is 1. The SMILES string of the molecule is CCCCCNCc1ccccc1OCC(=O)NC(C)(C)C. The lowest BCUT2D eigenvalue weighted by Crippen LogP contribution is -2.43. The highest BCUT2D eigenvalue weighted by molar-refractivity contribution is 5.78. The molecule has 2 N–H and O–H groups in total. The first-order valence-electron chi connectivity index (χ1n) is 8.15. The molecule has 4 heteroatoms. The van der Waals surface area contributed by atoms with Crippen molar-refractivity contribution in [1.82, 2.24) is 10.6 Å². The van der Waals surface area contributed by atoms with Gasteiger partial charge < -0.3 is 15.4 Å². The third-order valence-electron chi connectivity index (χ3n) is 3.12. The minimum absolute atomic E-state index is 0.0458. The van der Waals surface area contributed by atoms with Crippen LogP contribution in [0.5, 0.6) is 5.75 Å². The maximum atomic E-state index is 11.8. The zero-order valence-electron chi connectivity index (χ0n) is 14.4. The molecule has 0 spiro atoms. The van der Waals surface area contributed by atoms with Crippen LogP contribution in [0, 0.1) is 0 Å². The molecule has 0 heterocycles. The Bertz CT molecular complexity index is 453. The lowest BCUT2D eigenvalue weighted by molar-refractivity contribution is -0.124. The van der Waals surface area contributed by atoms with Crippen LogP contribution in [0.25, 0.3) is 0 Å². The Morgan fingerprint density at radius 1 is 1.18 bits per heavy atom. The Morgan fingerprint density at radius 2 is 1.91 bits per heavy atom. The third-order valence-corrected chi connectivity index (χ3v) is 3.12. The van der Waals surface area contributed by atoms with Crippen molar-refractivity contribution < 1.29 is 9.53 Å². The second-order valence-electron chi connectivity index (χ2n) is 6.58. The van der Waals surface area contributed by atoms with Crippen LogP contribution in [-0.2, 0) is 11.3 Å². The Labute approximate surface area is 134 Å². The molecule has 124 valence electrons. The van der Waals surface area contributed by atoms with Gasteiger partial charge in [-0.15, -0.1) is 0 Å². The van der Waals surface area contributed by atoms with Crippen LogP contribution in [-0.4, -0.2) is 24.6 Å². The van der Waals surface area contributed by atoms with Crippen LogP contribution in [0.1, 0.15) is 52.5 Å². The van der Waals surface area contributed by atoms with Gasteiger partial charge in [0.25, 0.3) is 5.91 Å². The van der Waals surface area contributed by atoms with Crippen molar-refractivity contribution in [1.29, 1.82) is 0 Å². The van der Waals surface area contributed by atoms with Crippen molar-refractivity contribution in [2.75, 3.05) is 13.2 Å².